The van der Waals surface area contributed by atoms with Crippen LogP contribution >= 0.6 is 0 Å². The van der Waals surface area contributed by atoms with Crippen molar-refractivity contribution in [1.82, 2.24) is 0 Å². The summed E-state index contributed by atoms with van der Waals surface area (Å²) in [5.41, 5.74) is -1.79. The zero-order valence-corrected chi connectivity index (χ0v) is 13.5. The lowest BCUT2D eigenvalue weighted by atomic mass is 10.0. The van der Waals surface area contributed by atoms with Crippen molar-refractivity contribution in [2.75, 3.05) is 5.32 Å². The highest BCUT2D eigenvalue weighted by atomic mass is 16.4. The number of carbonyl (C=O) groups excluding carboxylic acids is 1. The molecular weight excluding hydrogens is 362 g/mol. The second kappa shape index (κ2) is 7.44. The molecule has 0 unspecified atom stereocenters. The summed E-state index contributed by atoms with van der Waals surface area (Å²) < 4.78 is 0. The number of hydrogen-bond donors (Lipinski definition) is 6. The third-order valence-corrected chi connectivity index (χ3v) is 3.51. The smallest absolute Gasteiger partial charge is 0.337 e. The zero-order valence-electron chi connectivity index (χ0n) is 13.5. The number of aromatic carboxylic acids is 2. The van der Waals surface area contributed by atoms with Crippen molar-refractivity contribution in [3.8, 4) is 11.5 Å². The first-order valence-corrected chi connectivity index (χ1v) is 7.28. The van der Waals surface area contributed by atoms with Gasteiger partial charge in [-0.05, 0) is 30.3 Å². The molecule has 2 rings (SSSR count). The number of aliphatic carboxylic acids is 1. The maximum atomic E-state index is 12.4. The van der Waals surface area contributed by atoms with Gasteiger partial charge in [-0.25, -0.2) is 9.59 Å². The lowest BCUT2D eigenvalue weighted by Crippen LogP contribution is -2.16. The van der Waals surface area contributed by atoms with E-state index in [1.165, 1.54) is 0 Å². The molecule has 10 heteroatoms. The van der Waals surface area contributed by atoms with Crippen LogP contribution in [0.3, 0.4) is 0 Å². The Hall–Kier alpha value is -4.08. The summed E-state index contributed by atoms with van der Waals surface area (Å²) in [6.45, 7) is 0. The average molecular weight is 375 g/mol. The van der Waals surface area contributed by atoms with E-state index < -0.39 is 52.9 Å². The molecule has 0 aromatic heterocycles. The van der Waals surface area contributed by atoms with Crippen molar-refractivity contribution in [3.05, 3.63) is 52.6 Å². The van der Waals surface area contributed by atoms with E-state index in [-0.39, 0.29) is 16.8 Å². The predicted octanol–water partition coefficient (Wildman–Crippen LogP) is 1.37. The number of carboxylic acid groups (broad SMARTS) is 3. The number of hydrogen-bond acceptors (Lipinski definition) is 6. The van der Waals surface area contributed by atoms with Crippen LogP contribution in [0.15, 0.2) is 30.3 Å². The maximum absolute atomic E-state index is 12.4. The lowest BCUT2D eigenvalue weighted by molar-refractivity contribution is -0.136. The monoisotopic (exact) mass is 375 g/mol. The van der Waals surface area contributed by atoms with Crippen LogP contribution in [0.25, 0.3) is 0 Å². The number of carboxylic acids is 3. The molecule has 0 atom stereocenters. The van der Waals surface area contributed by atoms with Crippen LogP contribution in [0.1, 0.15) is 36.6 Å². The molecule has 10 nitrogen and oxygen atoms in total. The molecule has 27 heavy (non-hydrogen) atoms. The molecule has 6 N–H and O–H groups in total. The third-order valence-electron chi connectivity index (χ3n) is 3.51. The number of benzene rings is 2. The Morgan fingerprint density at radius 1 is 0.852 bits per heavy atom. The number of aromatic hydroxyl groups is 2. The summed E-state index contributed by atoms with van der Waals surface area (Å²) in [7, 11) is 0. The number of amides is 1. The zero-order chi connectivity index (χ0) is 20.3. The van der Waals surface area contributed by atoms with Gasteiger partial charge in [0.1, 0.15) is 11.5 Å². The van der Waals surface area contributed by atoms with Crippen LogP contribution in [0, 0.1) is 0 Å². The van der Waals surface area contributed by atoms with E-state index in [2.05, 4.69) is 5.32 Å². The van der Waals surface area contributed by atoms with Crippen molar-refractivity contribution in [2.24, 2.45) is 0 Å². The normalized spacial score (nSPS) is 10.2. The predicted molar refractivity (Wildman–Crippen MR) is 89.4 cm³/mol. The number of rotatable bonds is 6. The van der Waals surface area contributed by atoms with Crippen molar-refractivity contribution >= 4 is 29.5 Å². The fourth-order valence-electron chi connectivity index (χ4n) is 2.31. The molecule has 2 aromatic rings. The molecule has 0 aliphatic carbocycles. The Morgan fingerprint density at radius 2 is 1.52 bits per heavy atom. The van der Waals surface area contributed by atoms with Gasteiger partial charge in [-0.2, -0.15) is 0 Å². The number of anilines is 1. The minimum Gasteiger partial charge on any atom is -0.508 e. The van der Waals surface area contributed by atoms with Crippen LogP contribution in [0.4, 0.5) is 5.69 Å². The van der Waals surface area contributed by atoms with Gasteiger partial charge < -0.3 is 30.8 Å². The quantitative estimate of drug-likeness (QED) is 0.406. The number of nitrogens with one attached hydrogen (secondary N) is 1. The van der Waals surface area contributed by atoms with E-state index in [0.717, 1.165) is 30.3 Å². The summed E-state index contributed by atoms with van der Waals surface area (Å²) in [5, 5.41) is 48.9. The Balaban J connectivity index is 2.47. The number of carbonyl (C=O) groups is 4. The molecule has 0 heterocycles. The summed E-state index contributed by atoms with van der Waals surface area (Å²) in [5.74, 6) is -6.38. The largest absolute Gasteiger partial charge is 0.508 e. The van der Waals surface area contributed by atoms with Crippen LogP contribution in [-0.4, -0.2) is 49.3 Å². The standard InChI is InChI=1S/C17H13NO9/c19-9-3-8(5-13(20)21)14(22)11(6-9)15(23)18-12-4-7(16(24)25)1-2-10(12)17(26)27/h1-4,6,19,22H,5H2,(H,18,23)(H,20,21)(H,24,25)(H,26,27). The third kappa shape index (κ3) is 4.31. The van der Waals surface area contributed by atoms with Crippen molar-refractivity contribution in [2.45, 2.75) is 6.42 Å². The van der Waals surface area contributed by atoms with Gasteiger partial charge in [0.05, 0.1) is 28.8 Å². The van der Waals surface area contributed by atoms with Crippen molar-refractivity contribution < 1.29 is 44.7 Å². The van der Waals surface area contributed by atoms with E-state index in [4.69, 9.17) is 15.3 Å². The van der Waals surface area contributed by atoms with Gasteiger partial charge in [-0.15, -0.1) is 0 Å². The molecule has 0 fully saturated rings. The van der Waals surface area contributed by atoms with Gasteiger partial charge in [0.25, 0.3) is 5.91 Å². The second-order valence-corrected chi connectivity index (χ2v) is 5.40. The molecule has 140 valence electrons. The van der Waals surface area contributed by atoms with Crippen molar-refractivity contribution in [3.63, 3.8) is 0 Å². The van der Waals surface area contributed by atoms with E-state index in [9.17, 15) is 29.4 Å². The first-order valence-electron chi connectivity index (χ1n) is 7.28. The number of phenolic OH excluding ortho intramolecular Hbond substituents is 2. The molecular formula is C17H13NO9. The molecule has 1 amide bonds. The maximum Gasteiger partial charge on any atom is 0.337 e. The molecule has 0 bridgehead atoms. The van der Waals surface area contributed by atoms with E-state index in [1.54, 1.807) is 0 Å². The first-order chi connectivity index (χ1) is 12.6. The topological polar surface area (TPSA) is 181 Å². The Bertz CT molecular complexity index is 965. The molecule has 0 saturated heterocycles. The molecule has 0 spiro atoms. The van der Waals surface area contributed by atoms with E-state index >= 15 is 0 Å². The Labute approximate surface area is 150 Å². The van der Waals surface area contributed by atoms with Crippen LogP contribution in [-0.2, 0) is 11.2 Å². The van der Waals surface area contributed by atoms with Gasteiger partial charge in [-0.3, -0.25) is 9.59 Å². The minimum absolute atomic E-state index is 0.231. The van der Waals surface area contributed by atoms with Gasteiger partial charge >= 0.3 is 17.9 Å². The molecule has 0 radical (unpaired) electrons. The second-order valence-electron chi connectivity index (χ2n) is 5.40. The average Bonchev–Trinajstić information content (AvgIpc) is 2.56. The van der Waals surface area contributed by atoms with Gasteiger partial charge in [0, 0.05) is 5.56 Å². The van der Waals surface area contributed by atoms with Crippen molar-refractivity contribution in [1.29, 1.82) is 0 Å². The highest BCUT2D eigenvalue weighted by Crippen LogP contribution is 2.30. The molecule has 2 aromatic carbocycles. The lowest BCUT2D eigenvalue weighted by Gasteiger charge is -2.12. The molecule has 0 aliphatic rings. The van der Waals surface area contributed by atoms with E-state index in [0.29, 0.717) is 0 Å². The van der Waals surface area contributed by atoms with Crippen LogP contribution in [0.2, 0.25) is 0 Å². The Morgan fingerprint density at radius 3 is 2.07 bits per heavy atom. The Kier molecular flexibility index (Phi) is 5.30. The molecule has 0 aliphatic heterocycles. The summed E-state index contributed by atoms with van der Waals surface area (Å²) >= 11 is 0. The molecule has 0 saturated carbocycles. The van der Waals surface area contributed by atoms with Gasteiger partial charge in [0.2, 0.25) is 0 Å². The van der Waals surface area contributed by atoms with Gasteiger partial charge in [0.15, 0.2) is 0 Å². The van der Waals surface area contributed by atoms with Gasteiger partial charge in [-0.1, -0.05) is 0 Å². The van der Waals surface area contributed by atoms with Crippen LogP contribution in [0.5, 0.6) is 11.5 Å². The highest BCUT2D eigenvalue weighted by molar-refractivity contribution is 6.10. The summed E-state index contributed by atoms with van der Waals surface area (Å²) in [6, 6.07) is 4.77. The SMILES string of the molecule is O=C(O)Cc1cc(O)cc(C(=O)Nc2cc(C(=O)O)ccc2C(=O)O)c1O. The summed E-state index contributed by atoms with van der Waals surface area (Å²) in [4.78, 5) is 45.5. The first kappa shape index (κ1) is 19.2. The summed E-state index contributed by atoms with van der Waals surface area (Å²) in [6.07, 6.45) is -0.671. The highest BCUT2D eigenvalue weighted by Gasteiger charge is 2.21. The fourth-order valence-corrected chi connectivity index (χ4v) is 2.31. The number of phenols is 2. The minimum atomic E-state index is -1.44. The van der Waals surface area contributed by atoms with E-state index in [1.807, 2.05) is 0 Å². The fraction of sp³-hybridized carbons (Fsp3) is 0.0588. The van der Waals surface area contributed by atoms with Crippen LogP contribution < -0.4 is 5.32 Å².